The van der Waals surface area contributed by atoms with E-state index in [1.807, 2.05) is 12.1 Å². The zero-order valence-corrected chi connectivity index (χ0v) is 14.2. The number of hydrogen-bond acceptors (Lipinski definition) is 6. The van der Waals surface area contributed by atoms with Gasteiger partial charge < -0.3 is 9.64 Å². The van der Waals surface area contributed by atoms with Crippen molar-refractivity contribution in [1.29, 1.82) is 0 Å². The zero-order valence-electron chi connectivity index (χ0n) is 14.2. The Kier molecular flexibility index (Phi) is 5.55. The Balaban J connectivity index is 1.63. The summed E-state index contributed by atoms with van der Waals surface area (Å²) >= 11 is 0. The van der Waals surface area contributed by atoms with Crippen LogP contribution in [0, 0.1) is 5.82 Å². The largest absolute Gasteiger partial charge is 0.464 e. The number of carbonyl (C=O) groups excluding carboxylic acids is 1. The van der Waals surface area contributed by atoms with E-state index >= 15 is 0 Å². The van der Waals surface area contributed by atoms with Gasteiger partial charge in [-0.1, -0.05) is 12.1 Å². The summed E-state index contributed by atoms with van der Waals surface area (Å²) in [5.41, 5.74) is 1.37. The minimum Gasteiger partial charge on any atom is -0.464 e. The van der Waals surface area contributed by atoms with Crippen LogP contribution in [0.5, 0.6) is 0 Å². The molecule has 1 aromatic carbocycles. The number of halogens is 1. The molecule has 0 amide bonds. The highest BCUT2D eigenvalue weighted by molar-refractivity contribution is 5.87. The Morgan fingerprint density at radius 3 is 2.72 bits per heavy atom. The SMILES string of the molecule is COC(=O)c1cc(N2CCCN(Cc3ccc(F)cc3)CC2)ncn1. The Morgan fingerprint density at radius 2 is 1.96 bits per heavy atom. The van der Waals surface area contributed by atoms with Crippen LogP contribution >= 0.6 is 0 Å². The van der Waals surface area contributed by atoms with Gasteiger partial charge in [0.1, 0.15) is 18.0 Å². The quantitative estimate of drug-likeness (QED) is 0.792. The van der Waals surface area contributed by atoms with E-state index in [0.717, 1.165) is 50.5 Å². The summed E-state index contributed by atoms with van der Waals surface area (Å²) in [5, 5.41) is 0. The number of esters is 1. The monoisotopic (exact) mass is 344 g/mol. The highest BCUT2D eigenvalue weighted by atomic mass is 19.1. The summed E-state index contributed by atoms with van der Waals surface area (Å²) < 4.78 is 17.7. The third-order valence-electron chi connectivity index (χ3n) is 4.28. The number of hydrogen-bond donors (Lipinski definition) is 0. The van der Waals surface area contributed by atoms with Gasteiger partial charge in [-0.2, -0.15) is 0 Å². The molecule has 0 N–H and O–H groups in total. The summed E-state index contributed by atoms with van der Waals surface area (Å²) in [6, 6.07) is 8.31. The van der Waals surface area contributed by atoms with Crippen LogP contribution < -0.4 is 4.90 Å². The number of ether oxygens (including phenoxy) is 1. The molecule has 0 saturated carbocycles. The number of carbonyl (C=O) groups is 1. The van der Waals surface area contributed by atoms with E-state index < -0.39 is 5.97 Å². The Bertz CT molecular complexity index is 723. The maximum absolute atomic E-state index is 13.0. The molecule has 1 saturated heterocycles. The van der Waals surface area contributed by atoms with Crippen molar-refractivity contribution in [3.8, 4) is 0 Å². The second kappa shape index (κ2) is 8.02. The van der Waals surface area contributed by atoms with Gasteiger partial charge in [-0.05, 0) is 24.1 Å². The van der Waals surface area contributed by atoms with Gasteiger partial charge in [0.2, 0.25) is 0 Å². The number of benzene rings is 1. The van der Waals surface area contributed by atoms with Crippen LogP contribution in [-0.4, -0.2) is 54.1 Å². The molecular weight excluding hydrogens is 323 g/mol. The number of anilines is 1. The molecular formula is C18H21FN4O2. The third kappa shape index (κ3) is 4.51. The van der Waals surface area contributed by atoms with Crippen LogP contribution in [0.3, 0.4) is 0 Å². The van der Waals surface area contributed by atoms with Crippen molar-refractivity contribution in [3.63, 3.8) is 0 Å². The predicted molar refractivity (Wildman–Crippen MR) is 91.9 cm³/mol. The van der Waals surface area contributed by atoms with Crippen molar-refractivity contribution in [2.75, 3.05) is 38.2 Å². The molecule has 1 aromatic heterocycles. The molecule has 1 aliphatic rings. The van der Waals surface area contributed by atoms with E-state index in [0.29, 0.717) is 0 Å². The van der Waals surface area contributed by atoms with Crippen molar-refractivity contribution in [2.45, 2.75) is 13.0 Å². The molecule has 3 rings (SSSR count). The summed E-state index contributed by atoms with van der Waals surface area (Å²) in [6.45, 7) is 4.29. The van der Waals surface area contributed by atoms with Crippen molar-refractivity contribution in [3.05, 3.63) is 53.7 Å². The minimum absolute atomic E-state index is 0.212. The Labute approximate surface area is 146 Å². The second-order valence-electron chi connectivity index (χ2n) is 6.00. The number of methoxy groups -OCH3 is 1. The fraction of sp³-hybridized carbons (Fsp3) is 0.389. The lowest BCUT2D eigenvalue weighted by Gasteiger charge is -2.22. The lowest BCUT2D eigenvalue weighted by Crippen LogP contribution is -2.31. The normalized spacial score (nSPS) is 15.7. The smallest absolute Gasteiger partial charge is 0.356 e. The van der Waals surface area contributed by atoms with Crippen molar-refractivity contribution in [1.82, 2.24) is 14.9 Å². The van der Waals surface area contributed by atoms with Crippen molar-refractivity contribution >= 4 is 11.8 Å². The van der Waals surface area contributed by atoms with Crippen LogP contribution in [0.15, 0.2) is 36.7 Å². The molecule has 0 aliphatic carbocycles. The van der Waals surface area contributed by atoms with E-state index in [2.05, 4.69) is 19.8 Å². The van der Waals surface area contributed by atoms with E-state index in [9.17, 15) is 9.18 Å². The van der Waals surface area contributed by atoms with E-state index in [4.69, 9.17) is 4.74 Å². The van der Waals surface area contributed by atoms with Crippen LogP contribution in [0.1, 0.15) is 22.5 Å². The lowest BCUT2D eigenvalue weighted by atomic mass is 10.2. The van der Waals surface area contributed by atoms with Gasteiger partial charge >= 0.3 is 5.97 Å². The number of rotatable bonds is 4. The van der Waals surface area contributed by atoms with E-state index in [1.165, 1.54) is 25.6 Å². The van der Waals surface area contributed by atoms with Crippen LogP contribution in [-0.2, 0) is 11.3 Å². The summed E-state index contributed by atoms with van der Waals surface area (Å²) in [4.78, 5) is 24.4. The van der Waals surface area contributed by atoms with Crippen LogP contribution in [0.4, 0.5) is 10.2 Å². The highest BCUT2D eigenvalue weighted by Gasteiger charge is 2.18. The third-order valence-corrected chi connectivity index (χ3v) is 4.28. The van der Waals surface area contributed by atoms with Crippen molar-refractivity contribution < 1.29 is 13.9 Å². The van der Waals surface area contributed by atoms with Gasteiger partial charge in [0.05, 0.1) is 7.11 Å². The molecule has 2 heterocycles. The molecule has 6 nitrogen and oxygen atoms in total. The standard InChI is InChI=1S/C18H21FN4O2/c1-25-18(24)16-11-17(21-13-20-16)23-8-2-7-22(9-10-23)12-14-3-5-15(19)6-4-14/h3-6,11,13H,2,7-10,12H2,1H3. The molecule has 0 atom stereocenters. The Morgan fingerprint density at radius 1 is 1.16 bits per heavy atom. The van der Waals surface area contributed by atoms with Crippen molar-refractivity contribution in [2.24, 2.45) is 0 Å². The average molecular weight is 344 g/mol. The van der Waals surface area contributed by atoms with Gasteiger partial charge in [0.25, 0.3) is 0 Å². The highest BCUT2D eigenvalue weighted by Crippen LogP contribution is 2.16. The zero-order chi connectivity index (χ0) is 17.6. The molecule has 1 fully saturated rings. The number of nitrogens with zero attached hydrogens (tertiary/aromatic N) is 4. The van der Waals surface area contributed by atoms with Gasteiger partial charge in [-0.15, -0.1) is 0 Å². The molecule has 0 radical (unpaired) electrons. The summed E-state index contributed by atoms with van der Waals surface area (Å²) in [7, 11) is 1.34. The lowest BCUT2D eigenvalue weighted by molar-refractivity contribution is 0.0594. The molecule has 2 aromatic rings. The van der Waals surface area contributed by atoms with E-state index in [1.54, 1.807) is 6.07 Å². The summed E-state index contributed by atoms with van der Waals surface area (Å²) in [6.07, 6.45) is 2.38. The second-order valence-corrected chi connectivity index (χ2v) is 6.00. The van der Waals surface area contributed by atoms with E-state index in [-0.39, 0.29) is 11.5 Å². The molecule has 132 valence electrons. The van der Waals surface area contributed by atoms with Gasteiger partial charge in [-0.25, -0.2) is 19.2 Å². The van der Waals surface area contributed by atoms with Gasteiger partial charge in [0, 0.05) is 38.8 Å². The molecule has 7 heteroatoms. The molecule has 0 unspecified atom stereocenters. The topological polar surface area (TPSA) is 58.6 Å². The van der Waals surface area contributed by atoms with Gasteiger partial charge in [0.15, 0.2) is 5.69 Å². The first kappa shape index (κ1) is 17.3. The van der Waals surface area contributed by atoms with Crippen LogP contribution in [0.25, 0.3) is 0 Å². The first-order valence-corrected chi connectivity index (χ1v) is 8.28. The number of aromatic nitrogens is 2. The summed E-state index contributed by atoms with van der Waals surface area (Å²) in [5.74, 6) is 0.0615. The molecule has 25 heavy (non-hydrogen) atoms. The molecule has 0 spiro atoms. The first-order chi connectivity index (χ1) is 12.2. The molecule has 1 aliphatic heterocycles. The van der Waals surface area contributed by atoms with Crippen LogP contribution in [0.2, 0.25) is 0 Å². The predicted octanol–water partition coefficient (Wildman–Crippen LogP) is 2.11. The first-order valence-electron chi connectivity index (χ1n) is 8.28. The maximum atomic E-state index is 13.0. The maximum Gasteiger partial charge on any atom is 0.356 e. The minimum atomic E-state index is -0.462. The van der Waals surface area contributed by atoms with Gasteiger partial charge in [-0.3, -0.25) is 4.90 Å². The Hall–Kier alpha value is -2.54. The molecule has 0 bridgehead atoms. The average Bonchev–Trinajstić information content (AvgIpc) is 2.89. The fourth-order valence-corrected chi connectivity index (χ4v) is 2.94. The fourth-order valence-electron chi connectivity index (χ4n) is 2.94.